The van der Waals surface area contributed by atoms with E-state index in [4.69, 9.17) is 0 Å². The van der Waals surface area contributed by atoms with Gasteiger partial charge in [0, 0.05) is 17.1 Å². The molecule has 120 valence electrons. The summed E-state index contributed by atoms with van der Waals surface area (Å²) < 4.78 is 0. The molecule has 4 nitrogen and oxygen atoms in total. The van der Waals surface area contributed by atoms with Crippen molar-refractivity contribution in [3.05, 3.63) is 51.7 Å². The summed E-state index contributed by atoms with van der Waals surface area (Å²) in [6, 6.07) is 9.56. The fourth-order valence-electron chi connectivity index (χ4n) is 2.99. The molecule has 0 aliphatic carbocycles. The van der Waals surface area contributed by atoms with Crippen LogP contribution in [0.3, 0.4) is 0 Å². The highest BCUT2D eigenvalue weighted by Gasteiger charge is 2.33. The third-order valence-corrected chi connectivity index (χ3v) is 4.85. The number of carbonyl (C=O) groups excluding carboxylic acids is 2. The van der Waals surface area contributed by atoms with Crippen LogP contribution in [0.1, 0.15) is 22.4 Å². The van der Waals surface area contributed by atoms with Crippen LogP contribution in [0.4, 0.5) is 5.69 Å². The van der Waals surface area contributed by atoms with Gasteiger partial charge in [-0.25, -0.2) is 0 Å². The second-order valence-corrected chi connectivity index (χ2v) is 7.03. The van der Waals surface area contributed by atoms with Crippen molar-refractivity contribution in [2.24, 2.45) is 0 Å². The number of nitrogens with one attached hydrogen (secondary N) is 1. The smallest absolute Gasteiger partial charge is 0.249 e. The lowest BCUT2D eigenvalue weighted by Gasteiger charge is -2.18. The molecule has 1 aromatic carbocycles. The van der Waals surface area contributed by atoms with Gasteiger partial charge in [0.1, 0.15) is 6.04 Å². The Morgan fingerprint density at radius 3 is 2.70 bits per heavy atom. The first-order chi connectivity index (χ1) is 11.0. The molecule has 0 bridgehead atoms. The minimum absolute atomic E-state index is 0.0190. The van der Waals surface area contributed by atoms with Gasteiger partial charge in [-0.05, 0) is 55.0 Å². The number of anilines is 1. The fourth-order valence-corrected chi connectivity index (χ4v) is 3.70. The van der Waals surface area contributed by atoms with Crippen LogP contribution >= 0.6 is 11.3 Å². The highest BCUT2D eigenvalue weighted by Crippen LogP contribution is 2.24. The second kappa shape index (κ2) is 6.54. The number of carbonyl (C=O) groups is 2. The molecule has 1 fully saturated rings. The SMILES string of the molecule is Cc1cc(C)cc(N2CC[C@@H](NC(=O)Cc3cccs3)C2=O)c1. The zero-order valence-electron chi connectivity index (χ0n) is 13.3. The Morgan fingerprint density at radius 1 is 1.30 bits per heavy atom. The average molecular weight is 328 g/mol. The van der Waals surface area contributed by atoms with E-state index in [1.165, 1.54) is 0 Å². The lowest BCUT2D eigenvalue weighted by molar-refractivity contribution is -0.126. The van der Waals surface area contributed by atoms with E-state index in [0.29, 0.717) is 19.4 Å². The summed E-state index contributed by atoms with van der Waals surface area (Å²) in [5.74, 6) is -0.109. The van der Waals surface area contributed by atoms with Gasteiger partial charge in [-0.15, -0.1) is 11.3 Å². The van der Waals surface area contributed by atoms with E-state index in [9.17, 15) is 9.59 Å². The third kappa shape index (κ3) is 3.62. The van der Waals surface area contributed by atoms with Gasteiger partial charge >= 0.3 is 0 Å². The van der Waals surface area contributed by atoms with Crippen LogP contribution in [0.2, 0.25) is 0 Å². The Hall–Kier alpha value is -2.14. The monoisotopic (exact) mass is 328 g/mol. The summed E-state index contributed by atoms with van der Waals surface area (Å²) in [4.78, 5) is 27.5. The molecule has 0 spiro atoms. The van der Waals surface area contributed by atoms with Gasteiger partial charge in [0.2, 0.25) is 11.8 Å². The molecule has 3 rings (SSSR count). The lowest BCUT2D eigenvalue weighted by Crippen LogP contribution is -2.42. The first-order valence-electron chi connectivity index (χ1n) is 7.74. The van der Waals surface area contributed by atoms with Crippen LogP contribution in [-0.4, -0.2) is 24.4 Å². The zero-order valence-corrected chi connectivity index (χ0v) is 14.2. The number of hydrogen-bond acceptors (Lipinski definition) is 3. The maximum absolute atomic E-state index is 12.6. The van der Waals surface area contributed by atoms with Crippen molar-refractivity contribution < 1.29 is 9.59 Å². The van der Waals surface area contributed by atoms with Gasteiger partial charge in [0.25, 0.3) is 0 Å². The van der Waals surface area contributed by atoms with Crippen molar-refractivity contribution in [2.45, 2.75) is 32.7 Å². The molecule has 0 saturated carbocycles. The minimum Gasteiger partial charge on any atom is -0.344 e. The summed E-state index contributed by atoms with van der Waals surface area (Å²) in [5.41, 5.74) is 3.19. The normalized spacial score (nSPS) is 17.6. The van der Waals surface area contributed by atoms with Crippen LogP contribution in [0, 0.1) is 13.8 Å². The molecule has 1 aliphatic heterocycles. The number of amides is 2. The van der Waals surface area contributed by atoms with E-state index in [1.807, 2.05) is 43.5 Å². The van der Waals surface area contributed by atoms with Crippen molar-refractivity contribution >= 4 is 28.8 Å². The van der Waals surface area contributed by atoms with Gasteiger partial charge in [-0.3, -0.25) is 9.59 Å². The van der Waals surface area contributed by atoms with Crippen molar-refractivity contribution in [3.8, 4) is 0 Å². The Kier molecular flexibility index (Phi) is 4.48. The van der Waals surface area contributed by atoms with Crippen molar-refractivity contribution in [2.75, 3.05) is 11.4 Å². The summed E-state index contributed by atoms with van der Waals surface area (Å²) in [6.07, 6.45) is 0.993. The Balaban J connectivity index is 1.65. The van der Waals surface area contributed by atoms with E-state index >= 15 is 0 Å². The number of aryl methyl sites for hydroxylation is 2. The van der Waals surface area contributed by atoms with Crippen LogP contribution in [0.15, 0.2) is 35.7 Å². The van der Waals surface area contributed by atoms with Gasteiger partial charge in [-0.2, -0.15) is 0 Å². The first kappa shape index (κ1) is 15.7. The number of thiophene rings is 1. The minimum atomic E-state index is -0.414. The molecule has 1 N–H and O–H groups in total. The maximum Gasteiger partial charge on any atom is 0.249 e. The van der Waals surface area contributed by atoms with E-state index in [0.717, 1.165) is 21.7 Å². The standard InChI is InChI=1S/C18H20N2O2S/c1-12-8-13(2)10-14(9-12)20-6-5-16(18(20)22)19-17(21)11-15-4-3-7-23-15/h3-4,7-10,16H,5-6,11H2,1-2H3,(H,19,21)/t16-/m1/s1. The number of nitrogens with zero attached hydrogens (tertiary/aromatic N) is 1. The zero-order chi connectivity index (χ0) is 16.4. The summed E-state index contributed by atoms with van der Waals surface area (Å²) in [5, 5.41) is 4.82. The van der Waals surface area contributed by atoms with Crippen LogP contribution < -0.4 is 10.2 Å². The maximum atomic E-state index is 12.6. The fraction of sp³-hybridized carbons (Fsp3) is 0.333. The van der Waals surface area contributed by atoms with E-state index < -0.39 is 6.04 Å². The predicted molar refractivity (Wildman–Crippen MR) is 92.8 cm³/mol. The second-order valence-electron chi connectivity index (χ2n) is 6.00. The number of benzene rings is 1. The molecule has 1 aliphatic rings. The molecular weight excluding hydrogens is 308 g/mol. The third-order valence-electron chi connectivity index (χ3n) is 3.97. The van der Waals surface area contributed by atoms with Crippen LogP contribution in [0.5, 0.6) is 0 Å². The highest BCUT2D eigenvalue weighted by molar-refractivity contribution is 7.10. The largest absolute Gasteiger partial charge is 0.344 e. The molecule has 23 heavy (non-hydrogen) atoms. The first-order valence-corrected chi connectivity index (χ1v) is 8.62. The molecule has 2 aromatic rings. The predicted octanol–water partition coefficient (Wildman–Crippen LogP) is 2.83. The number of rotatable bonds is 4. The summed E-state index contributed by atoms with van der Waals surface area (Å²) in [7, 11) is 0. The molecule has 2 heterocycles. The van der Waals surface area contributed by atoms with Crippen LogP contribution in [-0.2, 0) is 16.0 Å². The Morgan fingerprint density at radius 2 is 2.04 bits per heavy atom. The average Bonchev–Trinajstić information content (AvgIpc) is 3.09. The summed E-state index contributed by atoms with van der Waals surface area (Å²) in [6.45, 7) is 4.69. The van der Waals surface area contributed by atoms with Crippen molar-refractivity contribution in [1.82, 2.24) is 5.32 Å². The van der Waals surface area contributed by atoms with E-state index in [-0.39, 0.29) is 11.8 Å². The molecule has 1 aromatic heterocycles. The van der Waals surface area contributed by atoms with E-state index in [2.05, 4.69) is 11.4 Å². The molecule has 0 radical (unpaired) electrons. The quantitative estimate of drug-likeness (QED) is 0.938. The van der Waals surface area contributed by atoms with E-state index in [1.54, 1.807) is 16.2 Å². The van der Waals surface area contributed by atoms with Gasteiger partial charge in [0.15, 0.2) is 0 Å². The van der Waals surface area contributed by atoms with Gasteiger partial charge in [0.05, 0.1) is 6.42 Å². The topological polar surface area (TPSA) is 49.4 Å². The molecule has 1 atom stereocenters. The Bertz CT molecular complexity index is 704. The molecular formula is C18H20N2O2S. The molecule has 0 unspecified atom stereocenters. The highest BCUT2D eigenvalue weighted by atomic mass is 32.1. The van der Waals surface area contributed by atoms with Gasteiger partial charge in [-0.1, -0.05) is 12.1 Å². The van der Waals surface area contributed by atoms with Crippen molar-refractivity contribution in [3.63, 3.8) is 0 Å². The molecule has 1 saturated heterocycles. The van der Waals surface area contributed by atoms with Crippen molar-refractivity contribution in [1.29, 1.82) is 0 Å². The molecule has 5 heteroatoms. The van der Waals surface area contributed by atoms with Crippen LogP contribution in [0.25, 0.3) is 0 Å². The molecule has 2 amide bonds. The number of hydrogen-bond donors (Lipinski definition) is 1. The Labute approximate surface area is 140 Å². The lowest BCUT2D eigenvalue weighted by atomic mass is 10.1. The van der Waals surface area contributed by atoms with Gasteiger partial charge < -0.3 is 10.2 Å². The summed E-state index contributed by atoms with van der Waals surface area (Å²) >= 11 is 1.55.